The number of anilines is 1. The number of carboxylic acids is 1. The van der Waals surface area contributed by atoms with Gasteiger partial charge in [0.1, 0.15) is 0 Å². The summed E-state index contributed by atoms with van der Waals surface area (Å²) in [6.45, 7) is 0.365. The molecule has 1 fully saturated rings. The highest BCUT2D eigenvalue weighted by Gasteiger charge is 2.45. The van der Waals surface area contributed by atoms with E-state index in [1.54, 1.807) is 0 Å². The van der Waals surface area contributed by atoms with E-state index in [0.717, 1.165) is 6.07 Å². The van der Waals surface area contributed by atoms with Crippen LogP contribution in [0.1, 0.15) is 24.0 Å². The molecular weight excluding hydrogens is 275 g/mol. The quantitative estimate of drug-likeness (QED) is 0.820. The Labute approximate surface area is 113 Å². The van der Waals surface area contributed by atoms with Gasteiger partial charge in [-0.2, -0.15) is 13.2 Å². The molecule has 1 aromatic rings. The summed E-state index contributed by atoms with van der Waals surface area (Å²) < 4.78 is 43.7. The van der Waals surface area contributed by atoms with Crippen LogP contribution >= 0.6 is 0 Å². The van der Waals surface area contributed by atoms with E-state index >= 15 is 0 Å². The van der Waals surface area contributed by atoms with Gasteiger partial charge in [0, 0.05) is 18.9 Å². The zero-order valence-electron chi connectivity index (χ0n) is 10.5. The Morgan fingerprint density at radius 2 is 1.90 bits per heavy atom. The number of nitrogen functional groups attached to an aromatic ring is 1. The molecule has 0 amide bonds. The van der Waals surface area contributed by atoms with Crippen LogP contribution in [0.25, 0.3) is 0 Å². The number of benzene rings is 1. The SMILES string of the molecule is Nc1c(C(F)(F)F)cccc1C1(C(=O)O)CCOCC1. The second-order valence-corrected chi connectivity index (χ2v) is 4.76. The van der Waals surface area contributed by atoms with Crippen molar-refractivity contribution in [2.24, 2.45) is 0 Å². The monoisotopic (exact) mass is 289 g/mol. The van der Waals surface area contributed by atoms with Crippen molar-refractivity contribution in [2.75, 3.05) is 18.9 Å². The predicted molar refractivity (Wildman–Crippen MR) is 65.2 cm³/mol. The van der Waals surface area contributed by atoms with E-state index in [0.29, 0.717) is 0 Å². The summed E-state index contributed by atoms with van der Waals surface area (Å²) in [5, 5.41) is 9.47. The normalized spacial score (nSPS) is 18.8. The number of aliphatic carboxylic acids is 1. The van der Waals surface area contributed by atoms with Gasteiger partial charge in [-0.15, -0.1) is 0 Å². The molecule has 110 valence electrons. The van der Waals surface area contributed by atoms with E-state index in [2.05, 4.69) is 0 Å². The van der Waals surface area contributed by atoms with Gasteiger partial charge in [0.25, 0.3) is 0 Å². The van der Waals surface area contributed by atoms with Crippen molar-refractivity contribution in [3.8, 4) is 0 Å². The Balaban J connectivity index is 2.58. The van der Waals surface area contributed by atoms with E-state index in [-0.39, 0.29) is 31.6 Å². The summed E-state index contributed by atoms with van der Waals surface area (Å²) in [6, 6.07) is 3.40. The molecule has 2 rings (SSSR count). The Bertz CT molecular complexity index is 522. The number of hydrogen-bond acceptors (Lipinski definition) is 3. The number of rotatable bonds is 2. The number of ether oxygens (including phenoxy) is 1. The molecule has 1 aliphatic rings. The molecule has 0 bridgehead atoms. The molecule has 1 aromatic carbocycles. The third-order valence-corrected chi connectivity index (χ3v) is 3.68. The lowest BCUT2D eigenvalue weighted by molar-refractivity contribution is -0.148. The number of hydrogen-bond donors (Lipinski definition) is 2. The molecule has 1 saturated heterocycles. The molecule has 0 unspecified atom stereocenters. The van der Waals surface area contributed by atoms with Crippen LogP contribution in [0.5, 0.6) is 0 Å². The van der Waals surface area contributed by atoms with Crippen LogP contribution in [0.4, 0.5) is 18.9 Å². The van der Waals surface area contributed by atoms with Gasteiger partial charge in [0.2, 0.25) is 0 Å². The van der Waals surface area contributed by atoms with Crippen LogP contribution in [-0.4, -0.2) is 24.3 Å². The fourth-order valence-corrected chi connectivity index (χ4v) is 2.55. The maximum absolute atomic E-state index is 12.9. The van der Waals surface area contributed by atoms with Crippen LogP contribution in [0.2, 0.25) is 0 Å². The predicted octanol–water partition coefficient (Wildman–Crippen LogP) is 2.42. The minimum atomic E-state index is -4.61. The van der Waals surface area contributed by atoms with Gasteiger partial charge in [-0.25, -0.2) is 0 Å². The van der Waals surface area contributed by atoms with Crippen LogP contribution < -0.4 is 5.73 Å². The van der Waals surface area contributed by atoms with Crippen molar-refractivity contribution in [1.29, 1.82) is 0 Å². The van der Waals surface area contributed by atoms with Crippen molar-refractivity contribution in [2.45, 2.75) is 24.4 Å². The van der Waals surface area contributed by atoms with Gasteiger partial charge in [-0.3, -0.25) is 4.79 Å². The first-order valence-corrected chi connectivity index (χ1v) is 6.06. The highest BCUT2D eigenvalue weighted by atomic mass is 19.4. The van der Waals surface area contributed by atoms with Gasteiger partial charge in [0.05, 0.1) is 11.0 Å². The zero-order chi connectivity index (χ0) is 15.0. The van der Waals surface area contributed by atoms with E-state index in [9.17, 15) is 23.1 Å². The number of alkyl halides is 3. The molecule has 4 nitrogen and oxygen atoms in total. The largest absolute Gasteiger partial charge is 0.481 e. The lowest BCUT2D eigenvalue weighted by atomic mass is 9.73. The third kappa shape index (κ3) is 2.33. The van der Waals surface area contributed by atoms with E-state index in [1.807, 2.05) is 0 Å². The number of nitrogens with two attached hydrogens (primary N) is 1. The Morgan fingerprint density at radius 3 is 2.40 bits per heavy atom. The van der Waals surface area contributed by atoms with Crippen LogP contribution in [-0.2, 0) is 21.1 Å². The highest BCUT2D eigenvalue weighted by molar-refractivity contribution is 5.84. The first-order chi connectivity index (χ1) is 9.29. The van der Waals surface area contributed by atoms with Gasteiger partial charge in [-0.05, 0) is 24.5 Å². The first kappa shape index (κ1) is 14.6. The van der Waals surface area contributed by atoms with E-state index in [4.69, 9.17) is 10.5 Å². The molecule has 1 aliphatic heterocycles. The highest BCUT2D eigenvalue weighted by Crippen LogP contribution is 2.43. The smallest absolute Gasteiger partial charge is 0.418 e. The Hall–Kier alpha value is -1.76. The topological polar surface area (TPSA) is 72.6 Å². The number of halogens is 3. The molecule has 0 spiro atoms. The van der Waals surface area contributed by atoms with E-state index < -0.39 is 28.8 Å². The molecule has 0 aliphatic carbocycles. The second-order valence-electron chi connectivity index (χ2n) is 4.76. The van der Waals surface area contributed by atoms with Crippen molar-refractivity contribution in [1.82, 2.24) is 0 Å². The lowest BCUT2D eigenvalue weighted by Crippen LogP contribution is -2.42. The van der Waals surface area contributed by atoms with Crippen molar-refractivity contribution >= 4 is 11.7 Å². The van der Waals surface area contributed by atoms with Crippen molar-refractivity contribution < 1.29 is 27.8 Å². The fraction of sp³-hybridized carbons (Fsp3) is 0.462. The average Bonchev–Trinajstić information content (AvgIpc) is 2.38. The lowest BCUT2D eigenvalue weighted by Gasteiger charge is -2.35. The molecule has 20 heavy (non-hydrogen) atoms. The molecule has 1 heterocycles. The van der Waals surface area contributed by atoms with Crippen molar-refractivity contribution in [3.05, 3.63) is 29.3 Å². The third-order valence-electron chi connectivity index (χ3n) is 3.68. The summed E-state index contributed by atoms with van der Waals surface area (Å²) in [7, 11) is 0. The Morgan fingerprint density at radius 1 is 1.30 bits per heavy atom. The summed E-state index contributed by atoms with van der Waals surface area (Å²) in [5.41, 5.74) is 2.69. The number of carbonyl (C=O) groups is 1. The summed E-state index contributed by atoms with van der Waals surface area (Å²) in [4.78, 5) is 11.6. The number of carboxylic acid groups (broad SMARTS) is 1. The Kier molecular flexibility index (Phi) is 3.64. The van der Waals surface area contributed by atoms with Crippen LogP contribution in [0, 0.1) is 0 Å². The van der Waals surface area contributed by atoms with Crippen molar-refractivity contribution in [3.63, 3.8) is 0 Å². The summed E-state index contributed by atoms with van der Waals surface area (Å²) in [6.07, 6.45) is -4.40. The summed E-state index contributed by atoms with van der Waals surface area (Å²) >= 11 is 0. The minimum absolute atomic E-state index is 0.0168. The maximum atomic E-state index is 12.9. The second kappa shape index (κ2) is 4.97. The molecule has 0 atom stereocenters. The van der Waals surface area contributed by atoms with Crippen LogP contribution in [0.3, 0.4) is 0 Å². The first-order valence-electron chi connectivity index (χ1n) is 6.06. The molecule has 0 aromatic heterocycles. The van der Waals surface area contributed by atoms with Gasteiger partial charge < -0.3 is 15.6 Å². The zero-order valence-corrected chi connectivity index (χ0v) is 10.5. The standard InChI is InChI=1S/C13H14F3NO3/c14-13(15,16)9-3-1-2-8(10(9)17)12(11(18)19)4-6-20-7-5-12/h1-3H,4-7,17H2,(H,18,19). The maximum Gasteiger partial charge on any atom is 0.418 e. The summed E-state index contributed by atoms with van der Waals surface area (Å²) in [5.74, 6) is -1.17. The van der Waals surface area contributed by atoms with Gasteiger partial charge >= 0.3 is 12.1 Å². The van der Waals surface area contributed by atoms with Crippen LogP contribution in [0.15, 0.2) is 18.2 Å². The minimum Gasteiger partial charge on any atom is -0.481 e. The van der Waals surface area contributed by atoms with Gasteiger partial charge in [-0.1, -0.05) is 12.1 Å². The van der Waals surface area contributed by atoms with Gasteiger partial charge in [0.15, 0.2) is 0 Å². The average molecular weight is 289 g/mol. The molecular formula is C13H14F3NO3. The molecule has 0 saturated carbocycles. The molecule has 0 radical (unpaired) electrons. The number of para-hydroxylation sites is 1. The molecule has 3 N–H and O–H groups in total. The molecule has 7 heteroatoms. The fourth-order valence-electron chi connectivity index (χ4n) is 2.55. The van der Waals surface area contributed by atoms with E-state index in [1.165, 1.54) is 12.1 Å².